The van der Waals surface area contributed by atoms with Crippen LogP contribution in [0.2, 0.25) is 0 Å². The molecular weight excluding hydrogens is 272 g/mol. The smallest absolute Gasteiger partial charge is 0.226 e. The molecule has 0 bridgehead atoms. The van der Waals surface area contributed by atoms with Gasteiger partial charge in [-0.15, -0.1) is 12.4 Å². The molecule has 1 spiro atoms. The molecule has 1 heterocycles. The number of piperidine rings is 1. The van der Waals surface area contributed by atoms with Gasteiger partial charge in [0.25, 0.3) is 0 Å². The molecule has 1 aliphatic heterocycles. The molecule has 1 saturated heterocycles. The lowest BCUT2D eigenvalue weighted by molar-refractivity contribution is -0.133. The molecule has 1 N–H and O–H groups in total. The monoisotopic (exact) mass is 300 g/mol. The summed E-state index contributed by atoms with van der Waals surface area (Å²) >= 11 is 0. The van der Waals surface area contributed by atoms with Gasteiger partial charge in [0.2, 0.25) is 5.91 Å². The first-order valence-electron chi connectivity index (χ1n) is 8.17. The van der Waals surface area contributed by atoms with Crippen molar-refractivity contribution < 1.29 is 4.79 Å². The molecule has 2 saturated carbocycles. The zero-order valence-corrected chi connectivity index (χ0v) is 13.5. The molecule has 3 fully saturated rings. The predicted molar refractivity (Wildman–Crippen MR) is 84.1 cm³/mol. The molecular formula is C16H29ClN2O. The zero-order chi connectivity index (χ0) is 13.3. The number of halogens is 1. The van der Waals surface area contributed by atoms with Crippen LogP contribution in [0.5, 0.6) is 0 Å². The molecule has 0 aromatic rings. The van der Waals surface area contributed by atoms with Crippen molar-refractivity contribution in [2.45, 2.75) is 51.4 Å². The lowest BCUT2D eigenvalue weighted by Crippen LogP contribution is -2.37. The largest absolute Gasteiger partial charge is 0.345 e. The van der Waals surface area contributed by atoms with E-state index in [1.54, 1.807) is 0 Å². The SMILES string of the molecule is CN(CC1CCCCC1)C(=O)C1CC12CCNCC2.Cl. The number of carbonyl (C=O) groups excluding carboxylic acids is 1. The minimum Gasteiger partial charge on any atom is -0.345 e. The van der Waals surface area contributed by atoms with E-state index in [4.69, 9.17) is 0 Å². The van der Waals surface area contributed by atoms with Crippen molar-refractivity contribution in [1.82, 2.24) is 10.2 Å². The third-order valence-corrected chi connectivity index (χ3v) is 5.72. The maximum atomic E-state index is 12.6. The Kier molecular flexibility index (Phi) is 5.36. The second-order valence-corrected chi connectivity index (χ2v) is 7.09. The lowest BCUT2D eigenvalue weighted by Gasteiger charge is -2.29. The number of amides is 1. The molecule has 3 rings (SSSR count). The summed E-state index contributed by atoms with van der Waals surface area (Å²) in [5.74, 6) is 1.56. The first-order valence-corrected chi connectivity index (χ1v) is 8.17. The van der Waals surface area contributed by atoms with Gasteiger partial charge in [0, 0.05) is 19.5 Å². The van der Waals surface area contributed by atoms with Gasteiger partial charge in [-0.2, -0.15) is 0 Å². The molecule has 20 heavy (non-hydrogen) atoms. The first-order chi connectivity index (χ1) is 9.21. The van der Waals surface area contributed by atoms with Crippen molar-refractivity contribution in [2.24, 2.45) is 17.3 Å². The van der Waals surface area contributed by atoms with Gasteiger partial charge >= 0.3 is 0 Å². The Morgan fingerprint density at radius 2 is 1.85 bits per heavy atom. The molecule has 116 valence electrons. The van der Waals surface area contributed by atoms with Gasteiger partial charge < -0.3 is 10.2 Å². The number of rotatable bonds is 3. The van der Waals surface area contributed by atoms with Gasteiger partial charge in [-0.1, -0.05) is 19.3 Å². The summed E-state index contributed by atoms with van der Waals surface area (Å²) in [6.07, 6.45) is 10.4. The molecule has 1 amide bonds. The van der Waals surface area contributed by atoms with Gasteiger partial charge in [-0.25, -0.2) is 0 Å². The minimum absolute atomic E-state index is 0. The Balaban J connectivity index is 0.00000147. The quantitative estimate of drug-likeness (QED) is 0.869. The highest BCUT2D eigenvalue weighted by molar-refractivity contribution is 5.85. The van der Waals surface area contributed by atoms with Crippen LogP contribution in [0.15, 0.2) is 0 Å². The number of carbonyl (C=O) groups is 1. The topological polar surface area (TPSA) is 32.3 Å². The van der Waals surface area contributed by atoms with Crippen molar-refractivity contribution in [3.63, 3.8) is 0 Å². The summed E-state index contributed by atoms with van der Waals surface area (Å²) in [6.45, 7) is 3.22. The Morgan fingerprint density at radius 3 is 2.50 bits per heavy atom. The van der Waals surface area contributed by atoms with Crippen LogP contribution in [-0.4, -0.2) is 37.5 Å². The number of hydrogen-bond acceptors (Lipinski definition) is 2. The van der Waals surface area contributed by atoms with E-state index in [1.807, 2.05) is 7.05 Å². The van der Waals surface area contributed by atoms with Crippen molar-refractivity contribution >= 4 is 18.3 Å². The normalized spacial score (nSPS) is 28.8. The van der Waals surface area contributed by atoms with Crippen molar-refractivity contribution in [3.8, 4) is 0 Å². The van der Waals surface area contributed by atoms with E-state index >= 15 is 0 Å². The summed E-state index contributed by atoms with van der Waals surface area (Å²) in [5, 5.41) is 3.41. The minimum atomic E-state index is 0. The van der Waals surface area contributed by atoms with E-state index in [0.717, 1.165) is 32.0 Å². The third-order valence-electron chi connectivity index (χ3n) is 5.72. The average Bonchev–Trinajstić information content (AvgIpc) is 3.13. The van der Waals surface area contributed by atoms with E-state index in [9.17, 15) is 4.79 Å². The van der Waals surface area contributed by atoms with Crippen molar-refractivity contribution in [2.75, 3.05) is 26.7 Å². The van der Waals surface area contributed by atoms with E-state index in [0.29, 0.717) is 17.2 Å². The van der Waals surface area contributed by atoms with Crippen LogP contribution in [0, 0.1) is 17.3 Å². The van der Waals surface area contributed by atoms with Crippen LogP contribution in [0.3, 0.4) is 0 Å². The highest BCUT2D eigenvalue weighted by Gasteiger charge is 2.58. The van der Waals surface area contributed by atoms with Crippen LogP contribution >= 0.6 is 12.4 Å². The van der Waals surface area contributed by atoms with E-state index in [-0.39, 0.29) is 12.4 Å². The van der Waals surface area contributed by atoms with Gasteiger partial charge in [-0.3, -0.25) is 4.79 Å². The molecule has 4 heteroatoms. The maximum absolute atomic E-state index is 12.6. The van der Waals surface area contributed by atoms with E-state index in [2.05, 4.69) is 10.2 Å². The average molecular weight is 301 g/mol. The van der Waals surface area contributed by atoms with Crippen LogP contribution in [0.25, 0.3) is 0 Å². The fourth-order valence-corrected chi connectivity index (χ4v) is 4.29. The summed E-state index contributed by atoms with van der Waals surface area (Å²) in [6, 6.07) is 0. The molecule has 3 nitrogen and oxygen atoms in total. The highest BCUT2D eigenvalue weighted by Crippen LogP contribution is 2.59. The molecule has 0 radical (unpaired) electrons. The second kappa shape index (κ2) is 6.65. The van der Waals surface area contributed by atoms with Gasteiger partial charge in [-0.05, 0) is 56.5 Å². The number of hydrogen-bond donors (Lipinski definition) is 1. The number of nitrogens with one attached hydrogen (secondary N) is 1. The fraction of sp³-hybridized carbons (Fsp3) is 0.938. The Bertz CT molecular complexity index is 335. The Labute approximate surface area is 129 Å². The summed E-state index contributed by atoms with van der Waals surface area (Å²) < 4.78 is 0. The predicted octanol–water partition coefficient (Wildman–Crippen LogP) is 2.84. The summed E-state index contributed by atoms with van der Waals surface area (Å²) in [5.41, 5.74) is 0.392. The van der Waals surface area contributed by atoms with Gasteiger partial charge in [0.05, 0.1) is 0 Å². The fourth-order valence-electron chi connectivity index (χ4n) is 4.29. The summed E-state index contributed by atoms with van der Waals surface area (Å²) in [7, 11) is 2.03. The second-order valence-electron chi connectivity index (χ2n) is 7.09. The van der Waals surface area contributed by atoms with Crippen molar-refractivity contribution in [1.29, 1.82) is 0 Å². The van der Waals surface area contributed by atoms with Crippen molar-refractivity contribution in [3.05, 3.63) is 0 Å². The maximum Gasteiger partial charge on any atom is 0.226 e. The zero-order valence-electron chi connectivity index (χ0n) is 12.7. The third kappa shape index (κ3) is 3.30. The Morgan fingerprint density at radius 1 is 1.20 bits per heavy atom. The Hall–Kier alpha value is -0.280. The van der Waals surface area contributed by atoms with Crippen LogP contribution < -0.4 is 5.32 Å². The standard InChI is InChI=1S/C16H28N2O.ClH/c1-18(12-13-5-3-2-4-6-13)15(19)14-11-16(14)7-9-17-10-8-16;/h13-14,17H,2-12H2,1H3;1H. The van der Waals surface area contributed by atoms with E-state index in [1.165, 1.54) is 44.9 Å². The molecule has 1 atom stereocenters. The van der Waals surface area contributed by atoms with Crippen LogP contribution in [0.4, 0.5) is 0 Å². The van der Waals surface area contributed by atoms with Gasteiger partial charge in [0.15, 0.2) is 0 Å². The highest BCUT2D eigenvalue weighted by atomic mass is 35.5. The molecule has 0 aromatic carbocycles. The number of nitrogens with zero attached hydrogens (tertiary/aromatic N) is 1. The molecule has 0 aromatic heterocycles. The lowest BCUT2D eigenvalue weighted by atomic mass is 9.88. The molecule has 1 unspecified atom stereocenters. The van der Waals surface area contributed by atoms with Crippen LogP contribution in [0.1, 0.15) is 51.4 Å². The van der Waals surface area contributed by atoms with E-state index < -0.39 is 0 Å². The molecule has 3 aliphatic rings. The first kappa shape index (κ1) is 16.1. The summed E-state index contributed by atoms with van der Waals surface area (Å²) in [4.78, 5) is 14.6. The molecule has 2 aliphatic carbocycles. The van der Waals surface area contributed by atoms with Crippen LogP contribution in [-0.2, 0) is 4.79 Å². The van der Waals surface area contributed by atoms with Gasteiger partial charge in [0.1, 0.15) is 0 Å².